The number of amides is 1. The molecule has 1 saturated heterocycles. The molecule has 5 rings (SSSR count). The average molecular weight is 524 g/mol. The summed E-state index contributed by atoms with van der Waals surface area (Å²) in [6.45, 7) is 0.636. The predicted octanol–water partition coefficient (Wildman–Crippen LogP) is 5.81. The highest BCUT2D eigenvalue weighted by molar-refractivity contribution is 7.10. The standard InChI is InChI=1S/C23H21ClF3N5O2S/c24-20-11-19(23(25,26)27)29-32(20)12-21(33)31-8-6-15(7-9-31)22-28-17(13-35-22)16-10-18(34-30-16)14-4-2-1-3-5-14/h2,4-5,10-11,13,15H,1,3,6-9,12H2. The molecular formula is C23H21ClF3N5O2S. The van der Waals surface area contributed by atoms with Crippen LogP contribution in [0.25, 0.3) is 17.0 Å². The molecule has 0 spiro atoms. The monoisotopic (exact) mass is 523 g/mol. The van der Waals surface area contributed by atoms with Crippen LogP contribution in [0.1, 0.15) is 48.1 Å². The van der Waals surface area contributed by atoms with E-state index in [1.165, 1.54) is 0 Å². The fourth-order valence-corrected chi connectivity index (χ4v) is 5.35. The fraction of sp³-hybridized carbons (Fsp3) is 0.391. The number of alkyl halides is 3. The van der Waals surface area contributed by atoms with Crippen molar-refractivity contribution in [3.05, 3.63) is 57.4 Å². The largest absolute Gasteiger partial charge is 0.435 e. The Morgan fingerprint density at radius 2 is 2.00 bits per heavy atom. The van der Waals surface area contributed by atoms with Gasteiger partial charge in [-0.2, -0.15) is 18.3 Å². The molecule has 1 aliphatic carbocycles. The summed E-state index contributed by atoms with van der Waals surface area (Å²) in [4.78, 5) is 19.0. The number of rotatable bonds is 5. The lowest BCUT2D eigenvalue weighted by atomic mass is 9.97. The molecule has 0 N–H and O–H groups in total. The van der Waals surface area contributed by atoms with E-state index in [-0.39, 0.29) is 23.5 Å². The van der Waals surface area contributed by atoms with Gasteiger partial charge in [0.05, 0.1) is 5.01 Å². The highest BCUT2D eigenvalue weighted by atomic mass is 35.5. The number of piperidine rings is 1. The van der Waals surface area contributed by atoms with Crippen LogP contribution >= 0.6 is 22.9 Å². The molecule has 0 radical (unpaired) electrons. The van der Waals surface area contributed by atoms with Gasteiger partial charge in [-0.3, -0.25) is 4.79 Å². The first kappa shape index (κ1) is 23.8. The zero-order valence-corrected chi connectivity index (χ0v) is 20.0. The smallest absolute Gasteiger partial charge is 0.356 e. The van der Waals surface area contributed by atoms with E-state index in [1.54, 1.807) is 16.2 Å². The van der Waals surface area contributed by atoms with Crippen molar-refractivity contribution in [2.24, 2.45) is 0 Å². The molecule has 1 aliphatic heterocycles. The van der Waals surface area contributed by atoms with Gasteiger partial charge < -0.3 is 9.42 Å². The lowest BCUT2D eigenvalue weighted by Crippen LogP contribution is -2.40. The quantitative estimate of drug-likeness (QED) is 0.422. The van der Waals surface area contributed by atoms with E-state index >= 15 is 0 Å². The number of thiazole rings is 1. The SMILES string of the molecule is O=C(Cn1nc(C(F)(F)F)cc1Cl)N1CCC(c2nc(-c3cc(C4=CCCC=C4)on3)cs2)CC1. The first-order valence-electron chi connectivity index (χ1n) is 11.2. The van der Waals surface area contributed by atoms with Gasteiger partial charge in [0.1, 0.15) is 23.1 Å². The van der Waals surface area contributed by atoms with Gasteiger partial charge in [0.2, 0.25) is 5.91 Å². The van der Waals surface area contributed by atoms with E-state index in [9.17, 15) is 18.0 Å². The van der Waals surface area contributed by atoms with Crippen LogP contribution < -0.4 is 0 Å². The Morgan fingerprint density at radius 1 is 1.20 bits per heavy atom. The first-order chi connectivity index (χ1) is 16.8. The maximum absolute atomic E-state index is 12.8. The van der Waals surface area contributed by atoms with E-state index in [0.717, 1.165) is 45.6 Å². The third-order valence-corrected chi connectivity index (χ3v) is 7.39. The molecule has 35 heavy (non-hydrogen) atoms. The van der Waals surface area contributed by atoms with Crippen molar-refractivity contribution in [2.45, 2.75) is 44.3 Å². The average Bonchev–Trinajstić information content (AvgIpc) is 3.60. The number of carbonyl (C=O) groups excluding carboxylic acids is 1. The molecule has 1 amide bonds. The lowest BCUT2D eigenvalue weighted by molar-refractivity contribution is -0.142. The highest BCUT2D eigenvalue weighted by Crippen LogP contribution is 2.34. The second kappa shape index (κ2) is 9.62. The Bertz CT molecular complexity index is 1280. The van der Waals surface area contributed by atoms with E-state index in [4.69, 9.17) is 21.1 Å². The normalized spacial score (nSPS) is 17.1. The number of aromatic nitrogens is 4. The molecule has 0 atom stereocenters. The molecule has 0 saturated carbocycles. The first-order valence-corrected chi connectivity index (χ1v) is 12.4. The van der Waals surface area contributed by atoms with Gasteiger partial charge in [-0.1, -0.05) is 35.0 Å². The fourth-order valence-electron chi connectivity index (χ4n) is 4.17. The van der Waals surface area contributed by atoms with Gasteiger partial charge in [-0.05, 0) is 25.7 Å². The summed E-state index contributed by atoms with van der Waals surface area (Å²) in [6.07, 6.45) is 5.09. The molecule has 0 unspecified atom stereocenters. The van der Waals surface area contributed by atoms with Crippen LogP contribution in [-0.2, 0) is 17.5 Å². The minimum absolute atomic E-state index is 0.193. The van der Waals surface area contributed by atoms with Crippen LogP contribution in [0.2, 0.25) is 5.15 Å². The van der Waals surface area contributed by atoms with E-state index in [1.807, 2.05) is 17.5 Å². The van der Waals surface area contributed by atoms with Gasteiger partial charge in [0, 0.05) is 42.1 Å². The van der Waals surface area contributed by atoms with Gasteiger partial charge in [-0.25, -0.2) is 9.67 Å². The van der Waals surface area contributed by atoms with Crippen molar-refractivity contribution in [2.75, 3.05) is 13.1 Å². The van der Waals surface area contributed by atoms with Crippen molar-refractivity contribution in [1.82, 2.24) is 24.8 Å². The number of carbonyl (C=O) groups is 1. The van der Waals surface area contributed by atoms with Crippen molar-refractivity contribution >= 4 is 34.4 Å². The zero-order valence-electron chi connectivity index (χ0n) is 18.5. The number of halogens is 4. The van der Waals surface area contributed by atoms with Crippen LogP contribution in [0.3, 0.4) is 0 Å². The summed E-state index contributed by atoms with van der Waals surface area (Å²) in [6, 6.07) is 2.62. The molecule has 2 aliphatic rings. The van der Waals surface area contributed by atoms with Crippen LogP contribution in [-0.4, -0.2) is 43.8 Å². The van der Waals surface area contributed by atoms with Crippen LogP contribution in [0.15, 0.2) is 40.3 Å². The number of likely N-dealkylation sites (tertiary alicyclic amines) is 1. The number of nitrogens with zero attached hydrogens (tertiary/aromatic N) is 5. The Kier molecular flexibility index (Phi) is 6.54. The summed E-state index contributed by atoms with van der Waals surface area (Å²) < 4.78 is 44.9. The summed E-state index contributed by atoms with van der Waals surface area (Å²) in [5.74, 6) is 0.596. The minimum atomic E-state index is -4.61. The number of hydrogen-bond acceptors (Lipinski definition) is 6. The topological polar surface area (TPSA) is 77.0 Å². The third kappa shape index (κ3) is 5.20. The zero-order chi connectivity index (χ0) is 24.6. The van der Waals surface area contributed by atoms with Gasteiger partial charge >= 0.3 is 6.18 Å². The lowest BCUT2D eigenvalue weighted by Gasteiger charge is -2.31. The molecule has 0 aromatic carbocycles. The summed E-state index contributed by atoms with van der Waals surface area (Å²) in [7, 11) is 0. The second-order valence-corrected chi connectivity index (χ2v) is 9.73. The Labute approximate surface area is 207 Å². The maximum Gasteiger partial charge on any atom is 0.435 e. The van der Waals surface area contributed by atoms with Crippen molar-refractivity contribution in [3.63, 3.8) is 0 Å². The highest BCUT2D eigenvalue weighted by Gasteiger charge is 2.35. The van der Waals surface area contributed by atoms with Crippen molar-refractivity contribution < 1.29 is 22.5 Å². The minimum Gasteiger partial charge on any atom is -0.356 e. The summed E-state index contributed by atoms with van der Waals surface area (Å²) in [5.41, 5.74) is 1.35. The van der Waals surface area contributed by atoms with Crippen molar-refractivity contribution in [3.8, 4) is 11.4 Å². The maximum atomic E-state index is 12.8. The number of hydrogen-bond donors (Lipinski definition) is 0. The number of allylic oxidation sites excluding steroid dienone is 4. The summed E-state index contributed by atoms with van der Waals surface area (Å²) >= 11 is 7.39. The van der Waals surface area contributed by atoms with Gasteiger partial charge in [0.15, 0.2) is 11.5 Å². The van der Waals surface area contributed by atoms with E-state index in [2.05, 4.69) is 22.4 Å². The Balaban J connectivity index is 1.18. The molecule has 184 valence electrons. The predicted molar refractivity (Wildman–Crippen MR) is 125 cm³/mol. The molecule has 7 nitrogen and oxygen atoms in total. The molecule has 4 heterocycles. The Hall–Kier alpha value is -2.92. The molecule has 12 heteroatoms. The molecule has 1 fully saturated rings. The van der Waals surface area contributed by atoms with Gasteiger partial charge in [0.25, 0.3) is 0 Å². The molecule has 3 aromatic heterocycles. The third-order valence-electron chi connectivity index (χ3n) is 6.08. The van der Waals surface area contributed by atoms with Crippen LogP contribution in [0.4, 0.5) is 13.2 Å². The van der Waals surface area contributed by atoms with Gasteiger partial charge in [-0.15, -0.1) is 11.3 Å². The molecular weight excluding hydrogens is 503 g/mol. The van der Waals surface area contributed by atoms with E-state index in [0.29, 0.717) is 31.6 Å². The second-order valence-electron chi connectivity index (χ2n) is 8.45. The summed E-state index contributed by atoms with van der Waals surface area (Å²) in [5, 5.41) is 10.3. The van der Waals surface area contributed by atoms with E-state index < -0.39 is 11.9 Å². The van der Waals surface area contributed by atoms with Crippen LogP contribution in [0, 0.1) is 0 Å². The molecule has 3 aromatic rings. The van der Waals surface area contributed by atoms with Crippen molar-refractivity contribution in [1.29, 1.82) is 0 Å². The van der Waals surface area contributed by atoms with Crippen LogP contribution in [0.5, 0.6) is 0 Å². The molecule has 0 bridgehead atoms. The Morgan fingerprint density at radius 3 is 2.69 bits per heavy atom.